The smallest absolute Gasteiger partial charge is 0.252 e. The number of H-pyrrole nitrogens is 1. The molecule has 4 aromatic rings. The number of rotatable bonds is 9. The van der Waals surface area contributed by atoms with Crippen molar-refractivity contribution in [2.45, 2.75) is 0 Å². The topological polar surface area (TPSA) is 113 Å². The van der Waals surface area contributed by atoms with Crippen molar-refractivity contribution in [2.24, 2.45) is 5.73 Å². The minimum absolute atomic E-state index is 0.0600. The fraction of sp³-hybridized carbons (Fsp3) is 0.107. The number of allylic oxidation sites excluding steroid dienone is 2. The third kappa shape index (κ3) is 5.79. The maximum absolute atomic E-state index is 13.2. The molecule has 0 radical (unpaired) electrons. The number of benzene rings is 2. The Morgan fingerprint density at radius 2 is 1.94 bits per heavy atom. The maximum atomic E-state index is 13.2. The SMILES string of the molecule is C=CC(=CC=CCNC(=O)c1cc(-c2c[nH]c3ccc(Br)cc23)nc2ccccc12)CNC(=O)CN. The van der Waals surface area contributed by atoms with Gasteiger partial charge in [0.05, 0.1) is 23.3 Å². The van der Waals surface area contributed by atoms with Gasteiger partial charge in [-0.3, -0.25) is 9.59 Å². The summed E-state index contributed by atoms with van der Waals surface area (Å²) < 4.78 is 0.969. The van der Waals surface area contributed by atoms with Gasteiger partial charge in [-0.1, -0.05) is 65.0 Å². The van der Waals surface area contributed by atoms with Crippen molar-refractivity contribution in [3.05, 3.63) is 101 Å². The number of hydrogen-bond acceptors (Lipinski definition) is 4. The molecular weight excluding hydrogens is 518 g/mol. The lowest BCUT2D eigenvalue weighted by Gasteiger charge is -2.09. The van der Waals surface area contributed by atoms with Gasteiger partial charge in [-0.25, -0.2) is 4.98 Å². The number of carbonyl (C=O) groups is 2. The molecule has 7 nitrogen and oxygen atoms in total. The Bertz CT molecular complexity index is 1500. The first-order chi connectivity index (χ1) is 17.5. The van der Waals surface area contributed by atoms with Gasteiger partial charge in [0.2, 0.25) is 5.91 Å². The maximum Gasteiger partial charge on any atom is 0.252 e. The van der Waals surface area contributed by atoms with Gasteiger partial charge in [0.1, 0.15) is 0 Å². The molecule has 36 heavy (non-hydrogen) atoms. The van der Waals surface area contributed by atoms with Crippen molar-refractivity contribution < 1.29 is 9.59 Å². The number of pyridine rings is 1. The number of nitrogens with zero attached hydrogens (tertiary/aromatic N) is 1. The van der Waals surface area contributed by atoms with Gasteiger partial charge in [0.25, 0.3) is 5.91 Å². The van der Waals surface area contributed by atoms with Gasteiger partial charge in [0.15, 0.2) is 0 Å². The largest absolute Gasteiger partial charge is 0.360 e. The molecule has 182 valence electrons. The number of nitrogens with two attached hydrogens (primary N) is 1. The van der Waals surface area contributed by atoms with E-state index in [9.17, 15) is 9.59 Å². The molecule has 0 aliphatic rings. The highest BCUT2D eigenvalue weighted by atomic mass is 79.9. The van der Waals surface area contributed by atoms with Crippen LogP contribution in [0.15, 0.2) is 95.7 Å². The summed E-state index contributed by atoms with van der Waals surface area (Å²) in [5, 5.41) is 7.45. The van der Waals surface area contributed by atoms with Crippen LogP contribution in [0.25, 0.3) is 33.1 Å². The van der Waals surface area contributed by atoms with Crippen molar-refractivity contribution in [1.29, 1.82) is 0 Å². The number of halogens is 1. The van der Waals surface area contributed by atoms with E-state index in [1.807, 2.05) is 73.0 Å². The van der Waals surface area contributed by atoms with E-state index < -0.39 is 0 Å². The second kappa shape index (κ2) is 11.6. The van der Waals surface area contributed by atoms with Crippen LogP contribution in [0.5, 0.6) is 0 Å². The normalized spacial score (nSPS) is 11.8. The Hall–Kier alpha value is -4.01. The van der Waals surface area contributed by atoms with Crippen LogP contribution in [0, 0.1) is 0 Å². The molecule has 4 rings (SSSR count). The van der Waals surface area contributed by atoms with E-state index in [1.165, 1.54) is 0 Å². The van der Waals surface area contributed by atoms with Gasteiger partial charge in [-0.05, 0) is 35.9 Å². The first-order valence-electron chi connectivity index (χ1n) is 11.4. The van der Waals surface area contributed by atoms with Gasteiger partial charge in [-0.15, -0.1) is 0 Å². The van der Waals surface area contributed by atoms with Crippen LogP contribution < -0.4 is 16.4 Å². The zero-order chi connectivity index (χ0) is 25.5. The van der Waals surface area contributed by atoms with Crippen LogP contribution >= 0.6 is 15.9 Å². The highest BCUT2D eigenvalue weighted by molar-refractivity contribution is 9.10. The summed E-state index contributed by atoms with van der Waals surface area (Å²) in [6.07, 6.45) is 9.04. The van der Waals surface area contributed by atoms with Crippen molar-refractivity contribution in [2.75, 3.05) is 19.6 Å². The summed E-state index contributed by atoms with van der Waals surface area (Å²) in [6, 6.07) is 15.5. The van der Waals surface area contributed by atoms with Gasteiger partial charge < -0.3 is 21.4 Å². The first kappa shape index (κ1) is 25.1. The van der Waals surface area contributed by atoms with Gasteiger partial charge in [-0.2, -0.15) is 0 Å². The predicted molar refractivity (Wildman–Crippen MR) is 149 cm³/mol. The molecule has 0 aliphatic heterocycles. The second-order valence-corrected chi connectivity index (χ2v) is 8.94. The summed E-state index contributed by atoms with van der Waals surface area (Å²) in [4.78, 5) is 32.6. The average molecular weight is 544 g/mol. The third-order valence-corrected chi connectivity index (χ3v) is 6.14. The van der Waals surface area contributed by atoms with Crippen LogP contribution in [-0.4, -0.2) is 41.4 Å². The van der Waals surface area contributed by atoms with Crippen LogP contribution in [0.4, 0.5) is 0 Å². The fourth-order valence-corrected chi connectivity index (χ4v) is 4.15. The molecule has 8 heteroatoms. The molecule has 2 aromatic heterocycles. The summed E-state index contributed by atoms with van der Waals surface area (Å²) in [7, 11) is 0. The number of aromatic amines is 1. The molecule has 2 heterocycles. The summed E-state index contributed by atoms with van der Waals surface area (Å²) in [6.45, 7) is 4.36. The zero-order valence-electron chi connectivity index (χ0n) is 19.6. The Morgan fingerprint density at radius 3 is 2.75 bits per heavy atom. The van der Waals surface area contributed by atoms with E-state index in [0.29, 0.717) is 18.7 Å². The van der Waals surface area contributed by atoms with Crippen molar-refractivity contribution >= 4 is 49.6 Å². The van der Waals surface area contributed by atoms with E-state index >= 15 is 0 Å². The Kier molecular flexibility index (Phi) is 8.10. The second-order valence-electron chi connectivity index (χ2n) is 8.03. The van der Waals surface area contributed by atoms with E-state index in [4.69, 9.17) is 10.7 Å². The summed E-state index contributed by atoms with van der Waals surface area (Å²) in [5.74, 6) is -0.424. The van der Waals surface area contributed by atoms with Gasteiger partial charge >= 0.3 is 0 Å². The lowest BCUT2D eigenvalue weighted by Crippen LogP contribution is -2.31. The van der Waals surface area contributed by atoms with Crippen molar-refractivity contribution in [1.82, 2.24) is 20.6 Å². The minimum Gasteiger partial charge on any atom is -0.360 e. The number of aromatic nitrogens is 2. The molecule has 0 aliphatic carbocycles. The third-order valence-electron chi connectivity index (χ3n) is 5.64. The molecule has 0 fully saturated rings. The molecule has 0 spiro atoms. The predicted octanol–water partition coefficient (Wildman–Crippen LogP) is 4.62. The number of carbonyl (C=O) groups excluding carboxylic acids is 2. The fourth-order valence-electron chi connectivity index (χ4n) is 3.78. The molecule has 2 aromatic carbocycles. The van der Waals surface area contributed by atoms with Crippen LogP contribution in [-0.2, 0) is 4.79 Å². The Labute approximate surface area is 217 Å². The monoisotopic (exact) mass is 543 g/mol. The van der Waals surface area contributed by atoms with E-state index in [2.05, 4.69) is 38.1 Å². The lowest BCUT2D eigenvalue weighted by molar-refractivity contribution is -0.119. The average Bonchev–Trinajstić information content (AvgIpc) is 3.32. The molecule has 5 N–H and O–H groups in total. The molecule has 0 bridgehead atoms. The van der Waals surface area contributed by atoms with Crippen LogP contribution in [0.2, 0.25) is 0 Å². The summed E-state index contributed by atoms with van der Waals surface area (Å²) in [5.41, 5.74) is 10.1. The first-order valence-corrected chi connectivity index (χ1v) is 12.2. The van der Waals surface area contributed by atoms with Crippen molar-refractivity contribution in [3.63, 3.8) is 0 Å². The number of amides is 2. The molecule has 0 saturated carbocycles. The zero-order valence-corrected chi connectivity index (χ0v) is 21.1. The van der Waals surface area contributed by atoms with Gasteiger partial charge in [0, 0.05) is 45.6 Å². The molecule has 2 amide bonds. The van der Waals surface area contributed by atoms with Crippen LogP contribution in [0.1, 0.15) is 10.4 Å². The standard InChI is InChI=1S/C28H26BrN5O2/c1-2-18(16-33-27(35)15-30)7-5-6-12-31-28(36)22-14-26(34-25-9-4-3-8-20(22)25)23-17-32-24-11-10-19(29)13-21(23)24/h2-11,13-14,17,32H,1,12,15-16,30H2,(H,31,36)(H,33,35). The van der Waals surface area contributed by atoms with E-state index in [-0.39, 0.29) is 18.4 Å². The van der Waals surface area contributed by atoms with E-state index in [1.54, 1.807) is 6.08 Å². The molecule has 0 unspecified atom stereocenters. The summed E-state index contributed by atoms with van der Waals surface area (Å²) >= 11 is 3.54. The highest BCUT2D eigenvalue weighted by Gasteiger charge is 2.15. The number of fused-ring (bicyclic) bond motifs is 2. The molecular formula is C28H26BrN5O2. The van der Waals surface area contributed by atoms with Crippen molar-refractivity contribution in [3.8, 4) is 11.3 Å². The Balaban J connectivity index is 1.54. The number of para-hydroxylation sites is 1. The van der Waals surface area contributed by atoms with Crippen LogP contribution in [0.3, 0.4) is 0 Å². The number of nitrogens with one attached hydrogen (secondary N) is 3. The quantitative estimate of drug-likeness (QED) is 0.231. The molecule has 0 saturated heterocycles. The molecule has 0 atom stereocenters. The highest BCUT2D eigenvalue weighted by Crippen LogP contribution is 2.32. The lowest BCUT2D eigenvalue weighted by atomic mass is 10.0. The minimum atomic E-state index is -0.233. The van der Waals surface area contributed by atoms with E-state index in [0.717, 1.165) is 43.1 Å². The number of hydrogen-bond donors (Lipinski definition) is 4. The Morgan fingerprint density at radius 1 is 1.11 bits per heavy atom.